The van der Waals surface area contributed by atoms with Gasteiger partial charge in [0.2, 0.25) is 0 Å². The molecule has 2 heterocycles. The fourth-order valence-electron chi connectivity index (χ4n) is 4.82. The molecule has 5 rings (SSSR count). The Labute approximate surface area is 205 Å². The summed E-state index contributed by atoms with van der Waals surface area (Å²) in [5.74, 6) is 1.89. The number of rotatable bonds is 8. The average Bonchev–Trinajstić information content (AvgIpc) is 2.86. The monoisotopic (exact) mass is 475 g/mol. The fraction of sp³-hybridized carbons (Fsp3) is 0.310. The van der Waals surface area contributed by atoms with Crippen molar-refractivity contribution in [3.63, 3.8) is 0 Å². The smallest absolute Gasteiger partial charge is 0.150 e. The number of phenols is 1. The van der Waals surface area contributed by atoms with Gasteiger partial charge in [-0.2, -0.15) is 0 Å². The third-order valence-corrected chi connectivity index (χ3v) is 6.84. The van der Waals surface area contributed by atoms with Crippen molar-refractivity contribution in [2.45, 2.75) is 19.6 Å². The van der Waals surface area contributed by atoms with Gasteiger partial charge < -0.3 is 19.7 Å². The van der Waals surface area contributed by atoms with Crippen molar-refractivity contribution in [3.05, 3.63) is 89.0 Å². The third kappa shape index (κ3) is 4.90. The number of ether oxygens (including phenoxy) is 2. The van der Waals surface area contributed by atoms with E-state index in [-0.39, 0.29) is 31.1 Å². The van der Waals surface area contributed by atoms with Gasteiger partial charge in [0.1, 0.15) is 30.0 Å². The number of aromatic hydroxyl groups is 1. The van der Waals surface area contributed by atoms with Gasteiger partial charge >= 0.3 is 0 Å². The lowest BCUT2D eigenvalue weighted by molar-refractivity contribution is 0.0668. The van der Waals surface area contributed by atoms with Gasteiger partial charge in [-0.1, -0.05) is 36.4 Å². The molecule has 2 N–H and O–H groups in total. The van der Waals surface area contributed by atoms with Crippen molar-refractivity contribution in [2.24, 2.45) is 5.92 Å². The molecule has 1 atom stereocenters. The van der Waals surface area contributed by atoms with Crippen LogP contribution in [0.4, 0.5) is 4.39 Å². The Morgan fingerprint density at radius 2 is 1.77 bits per heavy atom. The van der Waals surface area contributed by atoms with E-state index < -0.39 is 0 Å². The predicted molar refractivity (Wildman–Crippen MR) is 134 cm³/mol. The standard InChI is InChI=1S/C29H30FNO4/c1-19-26-14-24(33)8-11-27(26)35-29(28(19)22-4-2-20(18-32)3-5-22)23-6-9-25(10-7-23)34-13-12-31-16-21(15-30)17-31/h2-11,14,21,29,32-33H,12-13,15-18H2,1H3. The van der Waals surface area contributed by atoms with Crippen molar-refractivity contribution >= 4 is 11.1 Å². The second-order valence-electron chi connectivity index (χ2n) is 9.27. The van der Waals surface area contributed by atoms with Crippen molar-refractivity contribution in [1.29, 1.82) is 0 Å². The first-order valence-corrected chi connectivity index (χ1v) is 12.0. The van der Waals surface area contributed by atoms with E-state index in [1.165, 1.54) is 0 Å². The largest absolute Gasteiger partial charge is 0.508 e. The normalized spacial score (nSPS) is 18.1. The van der Waals surface area contributed by atoms with Gasteiger partial charge in [0.25, 0.3) is 0 Å². The summed E-state index contributed by atoms with van der Waals surface area (Å²) in [6.07, 6.45) is -0.334. The van der Waals surface area contributed by atoms with Crippen LogP contribution in [0.2, 0.25) is 0 Å². The quantitative estimate of drug-likeness (QED) is 0.467. The zero-order valence-electron chi connectivity index (χ0n) is 19.8. The van der Waals surface area contributed by atoms with E-state index >= 15 is 0 Å². The molecule has 35 heavy (non-hydrogen) atoms. The van der Waals surface area contributed by atoms with Crippen LogP contribution in [0.5, 0.6) is 17.2 Å². The zero-order valence-corrected chi connectivity index (χ0v) is 19.8. The SMILES string of the molecule is CC1=C(c2ccc(CO)cc2)C(c2ccc(OCCN3CC(CF)C3)cc2)Oc2ccc(O)cc21. The van der Waals surface area contributed by atoms with E-state index in [2.05, 4.69) is 4.90 Å². The molecule has 0 aromatic heterocycles. The lowest BCUT2D eigenvalue weighted by Crippen LogP contribution is -2.49. The van der Waals surface area contributed by atoms with Crippen LogP contribution >= 0.6 is 0 Å². The highest BCUT2D eigenvalue weighted by Gasteiger charge is 2.30. The van der Waals surface area contributed by atoms with E-state index in [1.807, 2.05) is 55.5 Å². The minimum atomic E-state index is -0.334. The van der Waals surface area contributed by atoms with Gasteiger partial charge in [-0.3, -0.25) is 9.29 Å². The van der Waals surface area contributed by atoms with Crippen LogP contribution in [-0.4, -0.2) is 48.0 Å². The van der Waals surface area contributed by atoms with Crippen molar-refractivity contribution in [1.82, 2.24) is 4.90 Å². The lowest BCUT2D eigenvalue weighted by Gasteiger charge is -2.37. The van der Waals surface area contributed by atoms with E-state index in [0.29, 0.717) is 6.61 Å². The number of aliphatic hydroxyl groups excluding tert-OH is 1. The summed E-state index contributed by atoms with van der Waals surface area (Å²) in [5.41, 5.74) is 5.75. The van der Waals surface area contributed by atoms with E-state index in [4.69, 9.17) is 9.47 Å². The molecule has 2 aliphatic rings. The van der Waals surface area contributed by atoms with Crippen LogP contribution in [0.1, 0.15) is 35.3 Å². The second kappa shape index (κ2) is 10.1. The van der Waals surface area contributed by atoms with E-state index in [9.17, 15) is 14.6 Å². The molecular weight excluding hydrogens is 445 g/mol. The molecule has 182 valence electrons. The number of hydrogen-bond donors (Lipinski definition) is 2. The summed E-state index contributed by atoms with van der Waals surface area (Å²) >= 11 is 0. The number of hydrogen-bond acceptors (Lipinski definition) is 5. The molecule has 0 bridgehead atoms. The molecule has 2 aliphatic heterocycles. The number of alkyl halides is 1. The number of phenolic OH excluding ortho intramolecular Hbond substituents is 1. The summed E-state index contributed by atoms with van der Waals surface area (Å²) in [6.45, 7) is 4.78. The van der Waals surface area contributed by atoms with Gasteiger partial charge in [-0.25, -0.2) is 0 Å². The topological polar surface area (TPSA) is 62.2 Å². The molecule has 1 saturated heterocycles. The lowest BCUT2D eigenvalue weighted by atomic mass is 9.86. The summed E-state index contributed by atoms with van der Waals surface area (Å²) in [7, 11) is 0. The number of benzene rings is 3. The number of likely N-dealkylation sites (tertiary alicyclic amines) is 1. The minimum absolute atomic E-state index is 0.00933. The Bertz CT molecular complexity index is 1200. The Morgan fingerprint density at radius 1 is 1.03 bits per heavy atom. The van der Waals surface area contributed by atoms with Crippen molar-refractivity contribution < 1.29 is 24.1 Å². The van der Waals surface area contributed by atoms with Crippen LogP contribution in [0.25, 0.3) is 11.1 Å². The zero-order chi connectivity index (χ0) is 24.4. The molecule has 0 radical (unpaired) electrons. The number of halogens is 1. The molecule has 6 heteroatoms. The first kappa shape index (κ1) is 23.4. The molecule has 0 saturated carbocycles. The summed E-state index contributed by atoms with van der Waals surface area (Å²) in [5, 5.41) is 19.5. The molecule has 1 unspecified atom stereocenters. The average molecular weight is 476 g/mol. The van der Waals surface area contributed by atoms with Crippen LogP contribution in [0, 0.1) is 5.92 Å². The molecule has 1 fully saturated rings. The Morgan fingerprint density at radius 3 is 2.46 bits per heavy atom. The highest BCUT2D eigenvalue weighted by molar-refractivity contribution is 5.95. The highest BCUT2D eigenvalue weighted by atomic mass is 19.1. The summed E-state index contributed by atoms with van der Waals surface area (Å²) < 4.78 is 25.0. The van der Waals surface area contributed by atoms with Gasteiger partial charge in [0.05, 0.1) is 13.3 Å². The van der Waals surface area contributed by atoms with Crippen molar-refractivity contribution in [2.75, 3.05) is 32.9 Å². The minimum Gasteiger partial charge on any atom is -0.508 e. The van der Waals surface area contributed by atoms with Crippen LogP contribution in [0.3, 0.4) is 0 Å². The maximum absolute atomic E-state index is 12.6. The van der Waals surface area contributed by atoms with Crippen LogP contribution < -0.4 is 9.47 Å². The van der Waals surface area contributed by atoms with Crippen LogP contribution in [-0.2, 0) is 6.61 Å². The maximum atomic E-state index is 12.6. The summed E-state index contributed by atoms with van der Waals surface area (Å²) in [6, 6.07) is 20.9. The van der Waals surface area contributed by atoms with Gasteiger partial charge in [-0.15, -0.1) is 0 Å². The van der Waals surface area contributed by atoms with Gasteiger partial charge in [0, 0.05) is 36.7 Å². The summed E-state index contributed by atoms with van der Waals surface area (Å²) in [4.78, 5) is 2.20. The van der Waals surface area contributed by atoms with Crippen LogP contribution in [0.15, 0.2) is 66.7 Å². The molecule has 0 spiro atoms. The molecule has 0 amide bonds. The van der Waals surface area contributed by atoms with Gasteiger partial charge in [0.15, 0.2) is 0 Å². The number of nitrogens with zero attached hydrogens (tertiary/aromatic N) is 1. The second-order valence-corrected chi connectivity index (χ2v) is 9.27. The number of fused-ring (bicyclic) bond motifs is 1. The third-order valence-electron chi connectivity index (χ3n) is 6.84. The molecular formula is C29H30FNO4. The number of allylic oxidation sites excluding steroid dienone is 1. The molecule has 3 aromatic rings. The first-order valence-electron chi connectivity index (χ1n) is 12.0. The van der Waals surface area contributed by atoms with E-state index in [0.717, 1.165) is 64.5 Å². The van der Waals surface area contributed by atoms with Crippen molar-refractivity contribution in [3.8, 4) is 17.2 Å². The first-order chi connectivity index (χ1) is 17.1. The van der Waals surface area contributed by atoms with Gasteiger partial charge in [-0.05, 0) is 59.5 Å². The molecule has 0 aliphatic carbocycles. The highest BCUT2D eigenvalue weighted by Crippen LogP contribution is 2.47. The fourth-order valence-corrected chi connectivity index (χ4v) is 4.82. The Kier molecular flexibility index (Phi) is 6.75. The number of aliphatic hydroxyl groups is 1. The van der Waals surface area contributed by atoms with E-state index in [1.54, 1.807) is 18.2 Å². The molecule has 5 nitrogen and oxygen atoms in total. The maximum Gasteiger partial charge on any atom is 0.150 e. The molecule has 3 aromatic carbocycles. The predicted octanol–water partition coefficient (Wildman–Crippen LogP) is 5.23. The Balaban J connectivity index is 1.38. The Hall–Kier alpha value is -3.35.